The number of benzene rings is 1. The first-order valence-electron chi connectivity index (χ1n) is 5.90. The lowest BCUT2D eigenvalue weighted by Crippen LogP contribution is -2.31. The van der Waals surface area contributed by atoms with Gasteiger partial charge >= 0.3 is 0 Å². The molecule has 3 nitrogen and oxygen atoms in total. The van der Waals surface area contributed by atoms with Gasteiger partial charge in [0.1, 0.15) is 0 Å². The van der Waals surface area contributed by atoms with Gasteiger partial charge in [0.25, 0.3) is 5.91 Å². The highest BCUT2D eigenvalue weighted by atomic mass is 127. The molecule has 1 fully saturated rings. The zero-order valence-corrected chi connectivity index (χ0v) is 12.8. The second-order valence-corrected chi connectivity index (χ2v) is 6.38. The molecule has 0 unspecified atom stereocenters. The first kappa shape index (κ1) is 14.1. The Kier molecular flexibility index (Phi) is 4.50. The number of rotatable bonds is 5. The van der Waals surface area contributed by atoms with Gasteiger partial charge in [-0.2, -0.15) is 0 Å². The summed E-state index contributed by atoms with van der Waals surface area (Å²) in [5.74, 6) is -0.0916. The van der Waals surface area contributed by atoms with Crippen LogP contribution < -0.4 is 5.32 Å². The summed E-state index contributed by atoms with van der Waals surface area (Å²) in [4.78, 5) is 12.1. The fraction of sp³-hybridized carbons (Fsp3) is 0.462. The smallest absolute Gasteiger partial charge is 0.252 e. The molecular formula is C13H15ClINO2. The highest BCUT2D eigenvalue weighted by Gasteiger charge is 2.41. The Hall–Kier alpha value is -0.330. The van der Waals surface area contributed by atoms with Crippen molar-refractivity contribution in [2.24, 2.45) is 5.41 Å². The molecule has 2 N–H and O–H groups in total. The minimum absolute atomic E-state index is 0.0916. The molecule has 0 aromatic heterocycles. The molecule has 0 radical (unpaired) electrons. The molecule has 1 aliphatic rings. The molecule has 0 bridgehead atoms. The van der Waals surface area contributed by atoms with Crippen LogP contribution >= 0.6 is 34.2 Å². The van der Waals surface area contributed by atoms with Crippen molar-refractivity contribution in [3.63, 3.8) is 0 Å². The highest BCUT2D eigenvalue weighted by molar-refractivity contribution is 14.1. The third kappa shape index (κ3) is 3.36. The quantitative estimate of drug-likeness (QED) is 0.773. The summed E-state index contributed by atoms with van der Waals surface area (Å²) in [6.07, 6.45) is 2.93. The number of hydrogen-bond donors (Lipinski definition) is 2. The van der Waals surface area contributed by atoms with Crippen LogP contribution in [0.3, 0.4) is 0 Å². The van der Waals surface area contributed by atoms with Gasteiger partial charge in [-0.3, -0.25) is 4.79 Å². The standard InChI is InChI=1S/C13H15ClINO2/c14-9-1-2-11(15)10(7-9)12(18)16-8-13(3-4-13)5-6-17/h1-2,7,17H,3-6,8H2,(H,16,18). The Balaban J connectivity index is 1.98. The van der Waals surface area contributed by atoms with Crippen LogP contribution in [0.25, 0.3) is 0 Å². The molecular weight excluding hydrogens is 365 g/mol. The fourth-order valence-corrected chi connectivity index (χ4v) is 2.72. The second kappa shape index (κ2) is 5.75. The van der Waals surface area contributed by atoms with Gasteiger partial charge in [-0.25, -0.2) is 0 Å². The van der Waals surface area contributed by atoms with Gasteiger partial charge in [-0.15, -0.1) is 0 Å². The normalized spacial score (nSPS) is 16.4. The minimum atomic E-state index is -0.0916. The van der Waals surface area contributed by atoms with Crippen molar-refractivity contribution in [2.75, 3.05) is 13.2 Å². The summed E-state index contributed by atoms with van der Waals surface area (Å²) in [6.45, 7) is 0.819. The van der Waals surface area contributed by atoms with Crippen LogP contribution in [0.4, 0.5) is 0 Å². The summed E-state index contributed by atoms with van der Waals surface area (Å²) in [5, 5.41) is 12.5. The molecule has 0 aliphatic heterocycles. The van der Waals surface area contributed by atoms with E-state index in [0.29, 0.717) is 17.1 Å². The Morgan fingerprint density at radius 2 is 2.22 bits per heavy atom. The lowest BCUT2D eigenvalue weighted by Gasteiger charge is -2.15. The predicted octanol–water partition coefficient (Wildman–Crippen LogP) is 2.84. The molecule has 0 spiro atoms. The van der Waals surface area contributed by atoms with Crippen LogP contribution in [0.5, 0.6) is 0 Å². The third-order valence-electron chi connectivity index (χ3n) is 3.40. The SMILES string of the molecule is O=C(NCC1(CCO)CC1)c1cc(Cl)ccc1I. The molecule has 0 saturated heterocycles. The van der Waals surface area contributed by atoms with E-state index in [-0.39, 0.29) is 17.9 Å². The van der Waals surface area contributed by atoms with Crippen LogP contribution in [0.2, 0.25) is 5.02 Å². The average molecular weight is 380 g/mol. The lowest BCUT2D eigenvalue weighted by molar-refractivity contribution is 0.0940. The number of halogens is 2. The number of hydrogen-bond acceptors (Lipinski definition) is 2. The maximum absolute atomic E-state index is 12.1. The van der Waals surface area contributed by atoms with Crippen molar-refractivity contribution in [3.8, 4) is 0 Å². The molecule has 0 heterocycles. The van der Waals surface area contributed by atoms with Crippen LogP contribution in [0.1, 0.15) is 29.6 Å². The van der Waals surface area contributed by atoms with Crippen molar-refractivity contribution in [1.82, 2.24) is 5.32 Å². The highest BCUT2D eigenvalue weighted by Crippen LogP contribution is 2.47. The number of aliphatic hydroxyl groups is 1. The zero-order valence-electron chi connectivity index (χ0n) is 9.88. The second-order valence-electron chi connectivity index (χ2n) is 4.78. The van der Waals surface area contributed by atoms with Gasteiger partial charge in [-0.1, -0.05) is 11.6 Å². The number of carbonyl (C=O) groups is 1. The summed E-state index contributed by atoms with van der Waals surface area (Å²) < 4.78 is 0.890. The van der Waals surface area contributed by atoms with E-state index in [2.05, 4.69) is 27.9 Å². The largest absolute Gasteiger partial charge is 0.396 e. The lowest BCUT2D eigenvalue weighted by atomic mass is 10.0. The Labute approximate surface area is 125 Å². The van der Waals surface area contributed by atoms with Gasteiger partial charge < -0.3 is 10.4 Å². The molecule has 1 aromatic carbocycles. The molecule has 1 aromatic rings. The maximum atomic E-state index is 12.1. The monoisotopic (exact) mass is 379 g/mol. The van der Waals surface area contributed by atoms with Crippen molar-refractivity contribution in [1.29, 1.82) is 0 Å². The Morgan fingerprint density at radius 3 is 2.83 bits per heavy atom. The topological polar surface area (TPSA) is 49.3 Å². The Morgan fingerprint density at radius 1 is 1.50 bits per heavy atom. The van der Waals surface area contributed by atoms with Crippen molar-refractivity contribution in [2.45, 2.75) is 19.3 Å². The first-order chi connectivity index (χ1) is 8.56. The van der Waals surface area contributed by atoms with E-state index in [9.17, 15) is 4.79 Å². The molecule has 1 aliphatic carbocycles. The van der Waals surface area contributed by atoms with Crippen molar-refractivity contribution >= 4 is 40.1 Å². The minimum Gasteiger partial charge on any atom is -0.396 e. The molecule has 5 heteroatoms. The predicted molar refractivity (Wildman–Crippen MR) is 79.9 cm³/mol. The number of aliphatic hydroxyl groups excluding tert-OH is 1. The summed E-state index contributed by atoms with van der Waals surface area (Å²) in [5.41, 5.74) is 0.747. The van der Waals surface area contributed by atoms with Crippen LogP contribution in [0, 0.1) is 8.99 Å². The van der Waals surface area contributed by atoms with Crippen LogP contribution in [0.15, 0.2) is 18.2 Å². The van der Waals surface area contributed by atoms with Gasteiger partial charge in [0.2, 0.25) is 0 Å². The van der Waals surface area contributed by atoms with Crippen molar-refractivity contribution < 1.29 is 9.90 Å². The summed E-state index contributed by atoms with van der Waals surface area (Å²) in [6, 6.07) is 5.29. The number of amides is 1. The van der Waals surface area contributed by atoms with Crippen LogP contribution in [-0.2, 0) is 0 Å². The molecule has 1 saturated carbocycles. The van der Waals surface area contributed by atoms with E-state index in [1.807, 2.05) is 6.07 Å². The number of carbonyl (C=O) groups excluding carboxylic acids is 1. The fourth-order valence-electron chi connectivity index (χ4n) is 1.96. The van der Waals surface area contributed by atoms with E-state index < -0.39 is 0 Å². The molecule has 0 atom stereocenters. The molecule has 1 amide bonds. The summed E-state index contributed by atoms with van der Waals surface area (Å²) >= 11 is 8.02. The van der Waals surface area contributed by atoms with Crippen molar-refractivity contribution in [3.05, 3.63) is 32.4 Å². The van der Waals surface area contributed by atoms with Gasteiger partial charge in [-0.05, 0) is 65.5 Å². The molecule has 98 valence electrons. The van der Waals surface area contributed by atoms with Crippen LogP contribution in [-0.4, -0.2) is 24.2 Å². The third-order valence-corrected chi connectivity index (χ3v) is 4.57. The van der Waals surface area contributed by atoms with Gasteiger partial charge in [0, 0.05) is 21.7 Å². The zero-order chi connectivity index (χ0) is 13.2. The number of nitrogens with one attached hydrogen (secondary N) is 1. The van der Waals surface area contributed by atoms with E-state index in [1.54, 1.807) is 12.1 Å². The maximum Gasteiger partial charge on any atom is 0.252 e. The van der Waals surface area contributed by atoms with E-state index in [0.717, 1.165) is 22.8 Å². The summed E-state index contributed by atoms with van der Waals surface area (Å²) in [7, 11) is 0. The molecule has 2 rings (SSSR count). The average Bonchev–Trinajstić information content (AvgIpc) is 3.10. The van der Waals surface area contributed by atoms with Gasteiger partial charge in [0.15, 0.2) is 0 Å². The Bertz CT molecular complexity index is 460. The molecule has 18 heavy (non-hydrogen) atoms. The van der Waals surface area contributed by atoms with Gasteiger partial charge in [0.05, 0.1) is 5.56 Å². The van der Waals surface area contributed by atoms with E-state index in [1.165, 1.54) is 0 Å². The first-order valence-corrected chi connectivity index (χ1v) is 7.36. The van der Waals surface area contributed by atoms with E-state index >= 15 is 0 Å². The van der Waals surface area contributed by atoms with E-state index in [4.69, 9.17) is 16.7 Å².